The Morgan fingerprint density at radius 3 is 0.353 bits per heavy atom. The average molecular weight is 740 g/mol. The van der Waals surface area contributed by atoms with Gasteiger partial charge in [-0.2, -0.15) is 43.7 Å². The molecule has 0 atom stereocenters. The standard InChI is InChI=1S/2C24H20B.Ru/c2*1-5-13-21(14-6-1)25(22-15-7-2-8-16-22,23-17-9-3-10-18-23)24-19-11-4-12-20-24;/h2*1-20H;/q2*-1;+2. The Bertz CT molecular complexity index is 1680. The van der Waals surface area contributed by atoms with Gasteiger partial charge < -0.3 is 0 Å². The molecule has 8 rings (SSSR count). The van der Waals surface area contributed by atoms with Crippen LogP contribution in [-0.2, 0) is 19.5 Å². The molecule has 0 aliphatic carbocycles. The number of hydrogen-bond acceptors (Lipinski definition) is 0. The van der Waals surface area contributed by atoms with Crippen LogP contribution >= 0.6 is 0 Å². The fraction of sp³-hybridized carbons (Fsp3) is 0. The van der Waals surface area contributed by atoms with Gasteiger partial charge in [0.1, 0.15) is 12.3 Å². The SMILES string of the molecule is [Ru+2].c1ccc([B-](c2ccccc2)(c2ccccc2)c2ccccc2)cc1.c1ccc([B-](c2ccccc2)(c2ccccc2)c2ccccc2)cc1. The zero-order valence-corrected chi connectivity index (χ0v) is 30.3. The van der Waals surface area contributed by atoms with E-state index in [0.717, 1.165) is 0 Å². The van der Waals surface area contributed by atoms with Crippen LogP contribution in [0.4, 0.5) is 0 Å². The summed E-state index contributed by atoms with van der Waals surface area (Å²) in [5.74, 6) is 0. The molecule has 0 N–H and O–H groups in total. The molecular weight excluding hydrogens is 699 g/mol. The van der Waals surface area contributed by atoms with Crippen LogP contribution < -0.4 is 43.7 Å². The van der Waals surface area contributed by atoms with E-state index in [4.69, 9.17) is 0 Å². The molecule has 0 spiro atoms. The van der Waals surface area contributed by atoms with E-state index in [-0.39, 0.29) is 19.5 Å². The Morgan fingerprint density at radius 1 is 0.157 bits per heavy atom. The summed E-state index contributed by atoms with van der Waals surface area (Å²) < 4.78 is 0. The van der Waals surface area contributed by atoms with Crippen molar-refractivity contribution in [3.8, 4) is 0 Å². The molecule has 0 fully saturated rings. The minimum atomic E-state index is -1.22. The first-order valence-electron chi connectivity index (χ1n) is 17.6. The van der Waals surface area contributed by atoms with Crippen molar-refractivity contribution in [3.05, 3.63) is 243 Å². The fourth-order valence-electron chi connectivity index (χ4n) is 8.24. The third-order valence-corrected chi connectivity index (χ3v) is 10.4. The molecule has 0 aliphatic heterocycles. The van der Waals surface area contributed by atoms with Gasteiger partial charge in [0.05, 0.1) is 0 Å². The number of benzene rings is 8. The van der Waals surface area contributed by atoms with E-state index >= 15 is 0 Å². The zero-order valence-electron chi connectivity index (χ0n) is 28.6. The third-order valence-electron chi connectivity index (χ3n) is 10.4. The first-order chi connectivity index (χ1) is 24.8. The molecule has 0 aliphatic rings. The van der Waals surface area contributed by atoms with E-state index in [2.05, 4.69) is 243 Å². The molecule has 0 aromatic heterocycles. The fourth-order valence-corrected chi connectivity index (χ4v) is 8.24. The smallest absolute Gasteiger partial charge is 0.195 e. The minimum absolute atomic E-state index is 0. The molecule has 0 radical (unpaired) electrons. The Balaban J connectivity index is 0.000000172. The second-order valence-electron chi connectivity index (χ2n) is 13.0. The van der Waals surface area contributed by atoms with E-state index in [1.54, 1.807) is 0 Å². The Morgan fingerprint density at radius 2 is 0.255 bits per heavy atom. The van der Waals surface area contributed by atoms with E-state index in [0.29, 0.717) is 0 Å². The summed E-state index contributed by atoms with van der Waals surface area (Å²) in [6, 6.07) is 87.1. The van der Waals surface area contributed by atoms with Crippen molar-refractivity contribution in [1.82, 2.24) is 0 Å². The molecule has 0 nitrogen and oxygen atoms in total. The van der Waals surface area contributed by atoms with E-state index < -0.39 is 12.3 Å². The predicted octanol–water partition coefficient (Wildman–Crippen LogP) is 6.13. The van der Waals surface area contributed by atoms with Gasteiger partial charge >= 0.3 is 19.5 Å². The molecule has 0 saturated heterocycles. The van der Waals surface area contributed by atoms with Crippen LogP contribution in [0.2, 0.25) is 0 Å². The van der Waals surface area contributed by atoms with Crippen molar-refractivity contribution in [2.45, 2.75) is 0 Å². The second kappa shape index (κ2) is 17.0. The van der Waals surface area contributed by atoms with Crippen molar-refractivity contribution in [2.24, 2.45) is 0 Å². The summed E-state index contributed by atoms with van der Waals surface area (Å²) in [4.78, 5) is 0. The van der Waals surface area contributed by atoms with E-state index in [1.165, 1.54) is 43.7 Å². The van der Waals surface area contributed by atoms with E-state index in [9.17, 15) is 0 Å². The average Bonchev–Trinajstić information content (AvgIpc) is 3.22. The molecule has 246 valence electrons. The minimum Gasteiger partial charge on any atom is -0.195 e. The molecule has 0 bridgehead atoms. The summed E-state index contributed by atoms with van der Waals surface area (Å²) in [5, 5.41) is 0. The van der Waals surface area contributed by atoms with Crippen molar-refractivity contribution in [3.63, 3.8) is 0 Å². The van der Waals surface area contributed by atoms with Gasteiger partial charge in [-0.25, -0.2) is 0 Å². The molecule has 8 aromatic carbocycles. The van der Waals surface area contributed by atoms with Crippen LogP contribution in [0.15, 0.2) is 243 Å². The maximum atomic E-state index is 2.26. The molecule has 3 heteroatoms. The van der Waals surface area contributed by atoms with Crippen LogP contribution in [0.3, 0.4) is 0 Å². The van der Waals surface area contributed by atoms with E-state index in [1.807, 2.05) is 0 Å². The normalized spacial score (nSPS) is 11.0. The first-order valence-corrected chi connectivity index (χ1v) is 17.6. The predicted molar refractivity (Wildman–Crippen MR) is 220 cm³/mol. The molecule has 51 heavy (non-hydrogen) atoms. The van der Waals surface area contributed by atoms with Crippen LogP contribution in [-0.4, -0.2) is 12.3 Å². The maximum Gasteiger partial charge on any atom is 2.00 e. The van der Waals surface area contributed by atoms with Gasteiger partial charge in [-0.1, -0.05) is 243 Å². The van der Waals surface area contributed by atoms with Crippen LogP contribution in [0, 0.1) is 0 Å². The monoisotopic (exact) mass is 740 g/mol. The van der Waals surface area contributed by atoms with Gasteiger partial charge in [0, 0.05) is 0 Å². The number of rotatable bonds is 8. The van der Waals surface area contributed by atoms with Crippen molar-refractivity contribution < 1.29 is 19.5 Å². The summed E-state index contributed by atoms with van der Waals surface area (Å²) in [6.07, 6.45) is -2.43. The topological polar surface area (TPSA) is 0 Å². The van der Waals surface area contributed by atoms with Gasteiger partial charge in [-0.15, -0.1) is 0 Å². The summed E-state index contributed by atoms with van der Waals surface area (Å²) >= 11 is 0. The van der Waals surface area contributed by atoms with Gasteiger partial charge in [0.2, 0.25) is 0 Å². The summed E-state index contributed by atoms with van der Waals surface area (Å²) in [5.41, 5.74) is 10.7. The van der Waals surface area contributed by atoms with Crippen LogP contribution in [0.1, 0.15) is 0 Å². The number of hydrogen-bond donors (Lipinski definition) is 0. The van der Waals surface area contributed by atoms with Crippen molar-refractivity contribution in [1.29, 1.82) is 0 Å². The largest absolute Gasteiger partial charge is 2.00 e. The molecular formula is C48H40B2Ru. The third kappa shape index (κ3) is 7.09. The first kappa shape index (κ1) is 35.3. The van der Waals surface area contributed by atoms with Gasteiger partial charge in [-0.3, -0.25) is 0 Å². The summed E-state index contributed by atoms with van der Waals surface area (Å²) in [7, 11) is 0. The Labute approximate surface area is 316 Å². The summed E-state index contributed by atoms with van der Waals surface area (Å²) in [6.45, 7) is 0. The van der Waals surface area contributed by atoms with Crippen molar-refractivity contribution >= 4 is 56.0 Å². The molecule has 0 amide bonds. The molecule has 0 unspecified atom stereocenters. The Hall–Kier alpha value is -5.49. The van der Waals surface area contributed by atoms with Crippen molar-refractivity contribution in [2.75, 3.05) is 0 Å². The van der Waals surface area contributed by atoms with Crippen LogP contribution in [0.25, 0.3) is 0 Å². The second-order valence-corrected chi connectivity index (χ2v) is 13.0. The molecule has 8 aromatic rings. The Kier molecular flexibility index (Phi) is 11.7. The van der Waals surface area contributed by atoms with Gasteiger partial charge in [-0.05, 0) is 0 Å². The quantitative estimate of drug-likeness (QED) is 0.165. The molecule has 0 heterocycles. The van der Waals surface area contributed by atoms with Gasteiger partial charge in [0.25, 0.3) is 0 Å². The maximum absolute atomic E-state index is 2.26. The van der Waals surface area contributed by atoms with Crippen LogP contribution in [0.5, 0.6) is 0 Å². The van der Waals surface area contributed by atoms with Gasteiger partial charge in [0.15, 0.2) is 0 Å². The zero-order chi connectivity index (χ0) is 33.9. The molecule has 0 saturated carbocycles.